The first-order valence-electron chi connectivity index (χ1n) is 7.78. The van der Waals surface area contributed by atoms with Crippen LogP contribution in [0.4, 0.5) is 4.79 Å². The Morgan fingerprint density at radius 1 is 1.21 bits per heavy atom. The van der Waals surface area contributed by atoms with E-state index in [2.05, 4.69) is 0 Å². The average Bonchev–Trinajstić information content (AvgIpc) is 2.98. The molecular formula is C15H20ClN3O4S. The van der Waals surface area contributed by atoms with Gasteiger partial charge in [0.15, 0.2) is 0 Å². The zero-order valence-electron chi connectivity index (χ0n) is 13.4. The van der Waals surface area contributed by atoms with Crippen LogP contribution in [-0.4, -0.2) is 74.1 Å². The van der Waals surface area contributed by atoms with Crippen LogP contribution in [0, 0.1) is 0 Å². The number of carbonyl (C=O) groups excluding carboxylic acids is 1. The molecule has 7 nitrogen and oxygen atoms in total. The van der Waals surface area contributed by atoms with Crippen LogP contribution in [0.15, 0.2) is 29.2 Å². The largest absolute Gasteiger partial charge is 0.378 e. The monoisotopic (exact) mass is 373 g/mol. The van der Waals surface area contributed by atoms with E-state index >= 15 is 0 Å². The van der Waals surface area contributed by atoms with E-state index in [1.165, 1.54) is 16.4 Å². The maximum Gasteiger partial charge on any atom is 0.321 e. The molecule has 1 aromatic carbocycles. The van der Waals surface area contributed by atoms with Gasteiger partial charge in [0.1, 0.15) is 0 Å². The summed E-state index contributed by atoms with van der Waals surface area (Å²) in [6.45, 7) is 4.29. The fourth-order valence-corrected chi connectivity index (χ4v) is 4.47. The molecule has 0 N–H and O–H groups in total. The second-order valence-electron chi connectivity index (χ2n) is 5.94. The van der Waals surface area contributed by atoms with E-state index in [4.69, 9.17) is 16.3 Å². The second kappa shape index (κ2) is 6.87. The summed E-state index contributed by atoms with van der Waals surface area (Å²) in [6.07, 6.45) is 0. The van der Waals surface area contributed by atoms with Gasteiger partial charge in [-0.1, -0.05) is 11.6 Å². The number of nitrogens with zero attached hydrogens (tertiary/aromatic N) is 3. The molecular weight excluding hydrogens is 354 g/mol. The third-order valence-electron chi connectivity index (χ3n) is 4.29. The Balaban J connectivity index is 1.75. The fourth-order valence-electron chi connectivity index (χ4n) is 2.88. The van der Waals surface area contributed by atoms with Crippen molar-refractivity contribution in [2.45, 2.75) is 17.9 Å². The van der Waals surface area contributed by atoms with Crippen molar-refractivity contribution in [1.29, 1.82) is 0 Å². The van der Waals surface area contributed by atoms with Crippen LogP contribution in [0.1, 0.15) is 6.92 Å². The summed E-state index contributed by atoms with van der Waals surface area (Å²) in [7, 11) is -3.65. The predicted octanol–water partition coefficient (Wildman–Crippen LogP) is 1.44. The van der Waals surface area contributed by atoms with E-state index in [-0.39, 0.29) is 30.2 Å². The molecule has 1 aromatic rings. The van der Waals surface area contributed by atoms with E-state index < -0.39 is 10.0 Å². The average molecular weight is 374 g/mol. The van der Waals surface area contributed by atoms with Gasteiger partial charge in [-0.2, -0.15) is 4.31 Å². The molecule has 2 saturated heterocycles. The van der Waals surface area contributed by atoms with Crippen LogP contribution in [0.2, 0.25) is 5.02 Å². The van der Waals surface area contributed by atoms with E-state index in [0.29, 0.717) is 31.3 Å². The maximum absolute atomic E-state index is 12.7. The molecule has 9 heteroatoms. The van der Waals surface area contributed by atoms with Crippen molar-refractivity contribution in [1.82, 2.24) is 14.1 Å². The summed E-state index contributed by atoms with van der Waals surface area (Å²) in [5.74, 6) is 0. The van der Waals surface area contributed by atoms with Crippen molar-refractivity contribution in [2.75, 3.05) is 39.5 Å². The molecule has 0 aliphatic carbocycles. The first-order valence-corrected chi connectivity index (χ1v) is 9.60. The number of sulfonamides is 1. The van der Waals surface area contributed by atoms with Gasteiger partial charge in [-0.3, -0.25) is 0 Å². The first-order chi connectivity index (χ1) is 11.4. The minimum absolute atomic E-state index is 0.0579. The molecule has 3 rings (SSSR count). The Hall–Kier alpha value is -1.35. The summed E-state index contributed by atoms with van der Waals surface area (Å²) in [5.41, 5.74) is 0. The smallest absolute Gasteiger partial charge is 0.321 e. The third kappa shape index (κ3) is 3.37. The van der Waals surface area contributed by atoms with Gasteiger partial charge in [-0.05, 0) is 31.2 Å². The van der Waals surface area contributed by atoms with Crippen molar-refractivity contribution >= 4 is 27.7 Å². The van der Waals surface area contributed by atoms with E-state index in [1.807, 2.05) is 6.92 Å². The summed E-state index contributed by atoms with van der Waals surface area (Å²) >= 11 is 5.82. The molecule has 0 saturated carbocycles. The van der Waals surface area contributed by atoms with Crippen molar-refractivity contribution < 1.29 is 17.9 Å². The molecule has 0 unspecified atom stereocenters. The highest BCUT2D eigenvalue weighted by molar-refractivity contribution is 7.89. The molecule has 2 fully saturated rings. The maximum atomic E-state index is 12.7. The van der Waals surface area contributed by atoms with Gasteiger partial charge in [0, 0.05) is 30.7 Å². The van der Waals surface area contributed by atoms with Crippen LogP contribution in [0.5, 0.6) is 0 Å². The van der Waals surface area contributed by atoms with Gasteiger partial charge in [-0.15, -0.1) is 0 Å². The number of amides is 2. The highest BCUT2D eigenvalue weighted by atomic mass is 35.5. The van der Waals surface area contributed by atoms with Gasteiger partial charge in [0.25, 0.3) is 0 Å². The molecule has 0 spiro atoms. The number of carbonyl (C=O) groups is 1. The Kier molecular flexibility index (Phi) is 5.00. The molecule has 2 aliphatic heterocycles. The Bertz CT molecular complexity index is 704. The van der Waals surface area contributed by atoms with Gasteiger partial charge >= 0.3 is 6.03 Å². The van der Waals surface area contributed by atoms with Gasteiger partial charge in [-0.25, -0.2) is 13.2 Å². The molecule has 2 heterocycles. The van der Waals surface area contributed by atoms with Crippen molar-refractivity contribution in [3.8, 4) is 0 Å². The fraction of sp³-hybridized carbons (Fsp3) is 0.533. The summed E-state index contributed by atoms with van der Waals surface area (Å²) in [5, 5.41) is 0.480. The molecule has 24 heavy (non-hydrogen) atoms. The summed E-state index contributed by atoms with van der Waals surface area (Å²) < 4.78 is 32.1. The number of morpholine rings is 1. The summed E-state index contributed by atoms with van der Waals surface area (Å²) in [4.78, 5) is 16.1. The topological polar surface area (TPSA) is 70.2 Å². The minimum Gasteiger partial charge on any atom is -0.378 e. The molecule has 2 amide bonds. The lowest BCUT2D eigenvalue weighted by Gasteiger charge is -2.32. The zero-order valence-corrected chi connectivity index (χ0v) is 15.0. The Morgan fingerprint density at radius 2 is 1.83 bits per heavy atom. The number of hydrogen-bond donors (Lipinski definition) is 0. The highest BCUT2D eigenvalue weighted by Crippen LogP contribution is 2.24. The quantitative estimate of drug-likeness (QED) is 0.786. The van der Waals surface area contributed by atoms with E-state index in [9.17, 15) is 13.2 Å². The van der Waals surface area contributed by atoms with E-state index in [1.54, 1.807) is 21.9 Å². The Labute approximate surface area is 146 Å². The molecule has 0 radical (unpaired) electrons. The number of hydrogen-bond acceptors (Lipinski definition) is 4. The third-order valence-corrected chi connectivity index (χ3v) is 6.35. The number of ether oxygens (including phenoxy) is 1. The first kappa shape index (κ1) is 17.5. The zero-order chi connectivity index (χ0) is 17.3. The van der Waals surface area contributed by atoms with Crippen LogP contribution >= 0.6 is 11.6 Å². The van der Waals surface area contributed by atoms with E-state index in [0.717, 1.165) is 0 Å². The molecule has 0 bridgehead atoms. The SMILES string of the molecule is C[C@@H]1CN(S(=O)(=O)c2ccc(Cl)cc2)CN1C(=O)N1CCOCC1. The molecule has 132 valence electrons. The lowest BCUT2D eigenvalue weighted by molar-refractivity contribution is 0.0424. The van der Waals surface area contributed by atoms with Crippen LogP contribution in [0.25, 0.3) is 0 Å². The van der Waals surface area contributed by atoms with Crippen LogP contribution < -0.4 is 0 Å². The minimum atomic E-state index is -3.65. The lowest BCUT2D eigenvalue weighted by Crippen LogP contribution is -2.49. The standard InChI is InChI=1S/C15H20ClN3O4S/c1-12-10-18(24(21,22)14-4-2-13(16)3-5-14)11-19(12)15(20)17-6-8-23-9-7-17/h2-5,12H,6-11H2,1H3/t12-/m1/s1. The summed E-state index contributed by atoms with van der Waals surface area (Å²) in [6, 6.07) is 5.74. The van der Waals surface area contributed by atoms with Crippen LogP contribution in [-0.2, 0) is 14.8 Å². The van der Waals surface area contributed by atoms with Gasteiger partial charge < -0.3 is 14.5 Å². The van der Waals surface area contributed by atoms with Crippen LogP contribution in [0.3, 0.4) is 0 Å². The van der Waals surface area contributed by atoms with Crippen molar-refractivity contribution in [3.63, 3.8) is 0 Å². The number of benzene rings is 1. The number of rotatable bonds is 2. The van der Waals surface area contributed by atoms with Gasteiger partial charge in [0.05, 0.1) is 24.8 Å². The van der Waals surface area contributed by atoms with Crippen molar-refractivity contribution in [3.05, 3.63) is 29.3 Å². The number of urea groups is 1. The molecule has 1 atom stereocenters. The predicted molar refractivity (Wildman–Crippen MR) is 89.3 cm³/mol. The molecule has 2 aliphatic rings. The normalized spacial score (nSPS) is 22.8. The highest BCUT2D eigenvalue weighted by Gasteiger charge is 2.39. The second-order valence-corrected chi connectivity index (χ2v) is 8.31. The van der Waals surface area contributed by atoms with Gasteiger partial charge in [0.2, 0.25) is 10.0 Å². The lowest BCUT2D eigenvalue weighted by atomic mass is 10.3. The van der Waals surface area contributed by atoms with Crippen molar-refractivity contribution in [2.24, 2.45) is 0 Å². The number of halogens is 1. The molecule has 0 aromatic heterocycles. The Morgan fingerprint density at radius 3 is 2.46 bits per heavy atom.